The second-order valence-corrected chi connectivity index (χ2v) is 4.59. The molecular weight excluding hydrogens is 200 g/mol. The van der Waals surface area contributed by atoms with Crippen molar-refractivity contribution < 1.29 is 0 Å². The minimum atomic E-state index is 0.535. The molecule has 3 rings (SSSR count). The second-order valence-electron chi connectivity index (χ2n) is 4.59. The molecule has 3 heterocycles. The number of fused-ring (bicyclic) bond motifs is 1. The lowest BCUT2D eigenvalue weighted by Gasteiger charge is -2.28. The first-order valence-corrected chi connectivity index (χ1v) is 5.82. The van der Waals surface area contributed by atoms with Gasteiger partial charge in [-0.25, -0.2) is 9.97 Å². The topological polar surface area (TPSA) is 44.8 Å². The van der Waals surface area contributed by atoms with Gasteiger partial charge < -0.3 is 9.88 Å². The van der Waals surface area contributed by atoms with Gasteiger partial charge in [0.2, 0.25) is 0 Å². The first-order chi connectivity index (χ1) is 7.83. The van der Waals surface area contributed by atoms with Crippen LogP contribution in [-0.2, 0) is 0 Å². The van der Waals surface area contributed by atoms with Crippen LogP contribution in [-0.4, -0.2) is 40.0 Å². The van der Waals surface area contributed by atoms with Crippen molar-refractivity contribution in [1.29, 1.82) is 0 Å². The highest BCUT2D eigenvalue weighted by Crippen LogP contribution is 2.25. The number of H-pyrrole nitrogens is 1. The Morgan fingerprint density at radius 2 is 2.44 bits per heavy atom. The number of pyridine rings is 1. The summed E-state index contributed by atoms with van der Waals surface area (Å²) in [5.74, 6) is 1.63. The van der Waals surface area contributed by atoms with Gasteiger partial charge in [-0.15, -0.1) is 0 Å². The molecule has 0 aromatic carbocycles. The van der Waals surface area contributed by atoms with Crippen LogP contribution in [0.3, 0.4) is 0 Å². The van der Waals surface area contributed by atoms with Crippen molar-refractivity contribution in [2.24, 2.45) is 0 Å². The molecule has 1 aliphatic heterocycles. The fourth-order valence-electron chi connectivity index (χ4n) is 2.45. The SMILES string of the molecule is CN1CCCC(c2nc3cccnc3[nH]2)C1. The van der Waals surface area contributed by atoms with Gasteiger partial charge in [0.25, 0.3) is 0 Å². The number of piperidine rings is 1. The number of nitrogens with one attached hydrogen (secondary N) is 1. The molecule has 0 amide bonds. The maximum atomic E-state index is 4.63. The number of aromatic amines is 1. The molecule has 1 unspecified atom stereocenters. The average Bonchev–Trinajstić information content (AvgIpc) is 2.72. The Morgan fingerprint density at radius 3 is 3.25 bits per heavy atom. The van der Waals surface area contributed by atoms with Gasteiger partial charge in [0, 0.05) is 18.7 Å². The van der Waals surface area contributed by atoms with Crippen LogP contribution in [0.5, 0.6) is 0 Å². The second kappa shape index (κ2) is 3.87. The van der Waals surface area contributed by atoms with Gasteiger partial charge in [-0.2, -0.15) is 0 Å². The number of hydrogen-bond acceptors (Lipinski definition) is 3. The van der Waals surface area contributed by atoms with E-state index >= 15 is 0 Å². The minimum absolute atomic E-state index is 0.535. The van der Waals surface area contributed by atoms with Crippen LogP contribution >= 0.6 is 0 Å². The molecule has 0 radical (unpaired) electrons. The Morgan fingerprint density at radius 1 is 1.50 bits per heavy atom. The number of likely N-dealkylation sites (N-methyl/N-ethyl adjacent to an activating group) is 1. The minimum Gasteiger partial charge on any atom is -0.326 e. The molecule has 0 saturated carbocycles. The summed E-state index contributed by atoms with van der Waals surface area (Å²) in [6, 6.07) is 3.94. The lowest BCUT2D eigenvalue weighted by molar-refractivity contribution is 0.246. The van der Waals surface area contributed by atoms with Crippen LogP contribution in [0.1, 0.15) is 24.6 Å². The van der Waals surface area contributed by atoms with Gasteiger partial charge in [-0.1, -0.05) is 0 Å². The maximum Gasteiger partial charge on any atom is 0.157 e. The van der Waals surface area contributed by atoms with Crippen LogP contribution in [0.25, 0.3) is 11.2 Å². The standard InChI is InChI=1S/C12H16N4/c1-16-7-3-4-9(8-16)11-14-10-5-2-6-13-12(10)15-11/h2,5-6,9H,3-4,7-8H2,1H3,(H,13,14,15). The number of aromatic nitrogens is 3. The van der Waals surface area contributed by atoms with Crippen molar-refractivity contribution in [3.05, 3.63) is 24.2 Å². The summed E-state index contributed by atoms with van der Waals surface area (Å²) < 4.78 is 0. The van der Waals surface area contributed by atoms with Gasteiger partial charge in [0.1, 0.15) is 11.3 Å². The van der Waals surface area contributed by atoms with Crippen LogP contribution in [0.15, 0.2) is 18.3 Å². The molecule has 1 fully saturated rings. The Balaban J connectivity index is 1.93. The van der Waals surface area contributed by atoms with Crippen LogP contribution in [0.2, 0.25) is 0 Å². The molecule has 4 heteroatoms. The summed E-state index contributed by atoms with van der Waals surface area (Å²) in [6.45, 7) is 2.30. The van der Waals surface area contributed by atoms with E-state index in [0.29, 0.717) is 5.92 Å². The van der Waals surface area contributed by atoms with Gasteiger partial charge in [-0.05, 0) is 38.6 Å². The molecule has 1 aliphatic rings. The Labute approximate surface area is 94.7 Å². The van der Waals surface area contributed by atoms with E-state index < -0.39 is 0 Å². The number of hydrogen-bond donors (Lipinski definition) is 1. The van der Waals surface area contributed by atoms with E-state index in [-0.39, 0.29) is 0 Å². The number of nitrogens with zero attached hydrogens (tertiary/aromatic N) is 3. The quantitative estimate of drug-likeness (QED) is 0.790. The molecule has 1 saturated heterocycles. The summed E-state index contributed by atoms with van der Waals surface area (Å²) >= 11 is 0. The zero-order valence-electron chi connectivity index (χ0n) is 9.48. The predicted octanol–water partition coefficient (Wildman–Crippen LogP) is 1.77. The summed E-state index contributed by atoms with van der Waals surface area (Å²) in [6.07, 6.45) is 4.28. The molecule has 2 aromatic rings. The van der Waals surface area contributed by atoms with Crippen LogP contribution < -0.4 is 0 Å². The lowest BCUT2D eigenvalue weighted by Crippen LogP contribution is -2.31. The van der Waals surface area contributed by atoms with Crippen molar-refractivity contribution in [2.45, 2.75) is 18.8 Å². The largest absolute Gasteiger partial charge is 0.326 e. The van der Waals surface area contributed by atoms with Gasteiger partial charge in [0.15, 0.2) is 5.65 Å². The molecule has 84 valence electrons. The van der Waals surface area contributed by atoms with Gasteiger partial charge in [-0.3, -0.25) is 0 Å². The average molecular weight is 216 g/mol. The Hall–Kier alpha value is -1.42. The Bertz CT molecular complexity index is 457. The summed E-state index contributed by atoms with van der Waals surface area (Å²) in [7, 11) is 2.17. The van der Waals surface area contributed by atoms with Crippen molar-refractivity contribution in [3.8, 4) is 0 Å². The zero-order valence-corrected chi connectivity index (χ0v) is 9.48. The first-order valence-electron chi connectivity index (χ1n) is 5.82. The maximum absolute atomic E-state index is 4.63. The number of rotatable bonds is 1. The van der Waals surface area contributed by atoms with E-state index in [4.69, 9.17) is 0 Å². The highest BCUT2D eigenvalue weighted by molar-refractivity contribution is 5.70. The predicted molar refractivity (Wildman–Crippen MR) is 63.4 cm³/mol. The van der Waals surface area contributed by atoms with E-state index in [1.165, 1.54) is 19.4 Å². The van der Waals surface area contributed by atoms with Gasteiger partial charge in [0.05, 0.1) is 0 Å². The molecule has 0 aliphatic carbocycles. The fourth-order valence-corrected chi connectivity index (χ4v) is 2.45. The molecule has 2 aromatic heterocycles. The fraction of sp³-hybridized carbons (Fsp3) is 0.500. The van der Waals surface area contributed by atoms with Gasteiger partial charge >= 0.3 is 0 Å². The van der Waals surface area contributed by atoms with Crippen LogP contribution in [0, 0.1) is 0 Å². The summed E-state index contributed by atoms with van der Waals surface area (Å²) in [5, 5.41) is 0. The van der Waals surface area contributed by atoms with E-state index in [2.05, 4.69) is 26.9 Å². The third-order valence-corrected chi connectivity index (χ3v) is 3.28. The monoisotopic (exact) mass is 216 g/mol. The van der Waals surface area contributed by atoms with E-state index in [1.54, 1.807) is 6.20 Å². The Kier molecular flexibility index (Phi) is 2.36. The number of imidazole rings is 1. The highest BCUT2D eigenvalue weighted by atomic mass is 15.1. The molecule has 16 heavy (non-hydrogen) atoms. The van der Waals surface area contributed by atoms with E-state index in [0.717, 1.165) is 23.5 Å². The summed E-state index contributed by atoms with van der Waals surface area (Å²) in [4.78, 5) is 14.6. The third kappa shape index (κ3) is 1.69. The van der Waals surface area contributed by atoms with Crippen LogP contribution in [0.4, 0.5) is 0 Å². The molecule has 4 nitrogen and oxygen atoms in total. The highest BCUT2D eigenvalue weighted by Gasteiger charge is 2.21. The molecule has 1 atom stereocenters. The molecule has 1 N–H and O–H groups in total. The first kappa shape index (κ1) is 9.78. The number of likely N-dealkylation sites (tertiary alicyclic amines) is 1. The van der Waals surface area contributed by atoms with Crippen molar-refractivity contribution >= 4 is 11.2 Å². The van der Waals surface area contributed by atoms with Crippen molar-refractivity contribution in [1.82, 2.24) is 19.9 Å². The molecular formula is C12H16N4. The third-order valence-electron chi connectivity index (χ3n) is 3.28. The zero-order chi connectivity index (χ0) is 11.0. The smallest absolute Gasteiger partial charge is 0.157 e. The molecule has 0 bridgehead atoms. The van der Waals surface area contributed by atoms with E-state index in [1.807, 2.05) is 12.1 Å². The van der Waals surface area contributed by atoms with Crippen molar-refractivity contribution in [2.75, 3.05) is 20.1 Å². The molecule has 0 spiro atoms. The lowest BCUT2D eigenvalue weighted by atomic mass is 9.98. The van der Waals surface area contributed by atoms with Crippen molar-refractivity contribution in [3.63, 3.8) is 0 Å². The summed E-state index contributed by atoms with van der Waals surface area (Å²) in [5.41, 5.74) is 1.89. The van der Waals surface area contributed by atoms with E-state index in [9.17, 15) is 0 Å². The normalized spacial score (nSPS) is 22.7.